The molecule has 9 nitrogen and oxygen atoms in total. The fourth-order valence-corrected chi connectivity index (χ4v) is 2.94. The van der Waals surface area contributed by atoms with Crippen LogP contribution in [0.1, 0.15) is 5.56 Å². The average molecular weight is 419 g/mol. The number of amides is 1. The first-order valence-corrected chi connectivity index (χ1v) is 9.28. The molecule has 3 aromatic rings. The van der Waals surface area contributed by atoms with Crippen LogP contribution in [0.2, 0.25) is 0 Å². The van der Waals surface area contributed by atoms with Crippen LogP contribution in [-0.2, 0) is 4.79 Å². The van der Waals surface area contributed by atoms with Crippen LogP contribution < -0.4 is 19.6 Å². The highest BCUT2D eigenvalue weighted by Gasteiger charge is 2.22. The van der Waals surface area contributed by atoms with E-state index in [1.165, 1.54) is 18.3 Å². The number of carbonyl (C=O) groups is 1. The van der Waals surface area contributed by atoms with Gasteiger partial charge in [-0.1, -0.05) is 42.5 Å². The van der Waals surface area contributed by atoms with Gasteiger partial charge >= 0.3 is 0 Å². The standard InChI is InChI=1S/C22H17N3O6/c26-22(13-29-18-8-6-16(7-9-18)15-4-2-1-3-5-15)24-23-12-17-10-20-21(31-14-30-20)11-19(17)25(27)28/h1-12H,13-14H2,(H,24,26). The minimum atomic E-state index is -0.562. The van der Waals surface area contributed by atoms with Crippen molar-refractivity contribution in [3.05, 3.63) is 82.4 Å². The second-order valence-electron chi connectivity index (χ2n) is 6.49. The molecule has 0 saturated heterocycles. The highest BCUT2D eigenvalue weighted by Crippen LogP contribution is 2.37. The van der Waals surface area contributed by atoms with Gasteiger partial charge < -0.3 is 14.2 Å². The Morgan fingerprint density at radius 2 is 1.74 bits per heavy atom. The van der Waals surface area contributed by atoms with Gasteiger partial charge in [-0.2, -0.15) is 5.10 Å². The minimum Gasteiger partial charge on any atom is -0.484 e. The molecule has 1 amide bonds. The molecule has 1 N–H and O–H groups in total. The Kier molecular flexibility index (Phi) is 5.75. The van der Waals surface area contributed by atoms with Gasteiger partial charge in [-0.15, -0.1) is 0 Å². The quantitative estimate of drug-likeness (QED) is 0.356. The number of nitrogens with one attached hydrogen (secondary N) is 1. The Bertz CT molecular complexity index is 1130. The van der Waals surface area contributed by atoms with Crippen molar-refractivity contribution in [1.82, 2.24) is 5.43 Å². The summed E-state index contributed by atoms with van der Waals surface area (Å²) >= 11 is 0. The Morgan fingerprint density at radius 1 is 1.06 bits per heavy atom. The van der Waals surface area contributed by atoms with Crippen molar-refractivity contribution in [1.29, 1.82) is 0 Å². The molecule has 0 saturated carbocycles. The lowest BCUT2D eigenvalue weighted by Gasteiger charge is -2.06. The summed E-state index contributed by atoms with van der Waals surface area (Å²) in [7, 11) is 0. The number of ether oxygens (including phenoxy) is 3. The molecule has 156 valence electrons. The molecular weight excluding hydrogens is 402 g/mol. The zero-order valence-electron chi connectivity index (χ0n) is 16.2. The van der Waals surface area contributed by atoms with Crippen molar-refractivity contribution in [2.45, 2.75) is 0 Å². The fourth-order valence-electron chi connectivity index (χ4n) is 2.94. The van der Waals surface area contributed by atoms with E-state index >= 15 is 0 Å². The Balaban J connectivity index is 1.33. The van der Waals surface area contributed by atoms with Gasteiger partial charge in [-0.05, 0) is 29.3 Å². The van der Waals surface area contributed by atoms with Crippen molar-refractivity contribution < 1.29 is 23.9 Å². The number of carbonyl (C=O) groups excluding carboxylic acids is 1. The number of rotatable bonds is 7. The molecule has 0 atom stereocenters. The Morgan fingerprint density at radius 3 is 2.45 bits per heavy atom. The van der Waals surface area contributed by atoms with E-state index in [1.807, 2.05) is 42.5 Å². The maximum atomic E-state index is 12.0. The van der Waals surface area contributed by atoms with E-state index in [-0.39, 0.29) is 24.7 Å². The minimum absolute atomic E-state index is 0.00646. The van der Waals surface area contributed by atoms with Crippen LogP contribution in [-0.4, -0.2) is 30.4 Å². The molecule has 1 aliphatic rings. The van der Waals surface area contributed by atoms with Gasteiger partial charge in [0.25, 0.3) is 11.6 Å². The number of nitrogens with zero attached hydrogens (tertiary/aromatic N) is 2. The van der Waals surface area contributed by atoms with Crippen molar-refractivity contribution in [2.24, 2.45) is 5.10 Å². The molecule has 0 radical (unpaired) electrons. The Hall–Kier alpha value is -4.40. The first-order valence-electron chi connectivity index (χ1n) is 9.28. The average Bonchev–Trinajstić information content (AvgIpc) is 3.25. The molecule has 31 heavy (non-hydrogen) atoms. The number of fused-ring (bicyclic) bond motifs is 1. The van der Waals surface area contributed by atoms with Crippen LogP contribution in [0, 0.1) is 10.1 Å². The van der Waals surface area contributed by atoms with Gasteiger partial charge in [-0.3, -0.25) is 14.9 Å². The number of hydrogen-bond acceptors (Lipinski definition) is 7. The van der Waals surface area contributed by atoms with E-state index < -0.39 is 10.8 Å². The van der Waals surface area contributed by atoms with Crippen molar-refractivity contribution >= 4 is 17.8 Å². The van der Waals surface area contributed by atoms with Crippen LogP contribution in [0.25, 0.3) is 11.1 Å². The number of benzene rings is 3. The summed E-state index contributed by atoms with van der Waals surface area (Å²) in [6.07, 6.45) is 1.17. The van der Waals surface area contributed by atoms with Gasteiger partial charge in [-0.25, -0.2) is 5.43 Å². The predicted molar refractivity (Wildman–Crippen MR) is 112 cm³/mol. The fraction of sp³-hybridized carbons (Fsp3) is 0.0909. The van der Waals surface area contributed by atoms with Crippen LogP contribution in [0.5, 0.6) is 17.2 Å². The molecule has 3 aromatic carbocycles. The SMILES string of the molecule is O=C(COc1ccc(-c2ccccc2)cc1)NN=Cc1cc2c(cc1[N+](=O)[O-])OCO2. The van der Waals surface area contributed by atoms with E-state index in [0.717, 1.165) is 11.1 Å². The summed E-state index contributed by atoms with van der Waals surface area (Å²) in [5, 5.41) is 15.0. The molecule has 0 aliphatic carbocycles. The molecule has 0 bridgehead atoms. The molecule has 1 aliphatic heterocycles. The zero-order chi connectivity index (χ0) is 21.6. The van der Waals surface area contributed by atoms with Crippen LogP contribution in [0.4, 0.5) is 5.69 Å². The number of hydrogen-bond donors (Lipinski definition) is 1. The van der Waals surface area contributed by atoms with Crippen molar-refractivity contribution in [2.75, 3.05) is 13.4 Å². The van der Waals surface area contributed by atoms with Gasteiger partial charge in [0.15, 0.2) is 18.1 Å². The van der Waals surface area contributed by atoms with Crippen LogP contribution in [0.15, 0.2) is 71.8 Å². The third kappa shape index (κ3) is 4.78. The van der Waals surface area contributed by atoms with Crippen LogP contribution >= 0.6 is 0 Å². The number of nitro benzene ring substituents is 1. The maximum Gasteiger partial charge on any atom is 0.282 e. The van der Waals surface area contributed by atoms with E-state index in [4.69, 9.17) is 14.2 Å². The molecule has 0 unspecified atom stereocenters. The highest BCUT2D eigenvalue weighted by atomic mass is 16.7. The smallest absolute Gasteiger partial charge is 0.282 e. The lowest BCUT2D eigenvalue weighted by Crippen LogP contribution is -2.24. The largest absolute Gasteiger partial charge is 0.484 e. The number of hydrazone groups is 1. The van der Waals surface area contributed by atoms with E-state index in [2.05, 4.69) is 10.5 Å². The molecule has 9 heteroatoms. The summed E-state index contributed by atoms with van der Waals surface area (Å²) in [4.78, 5) is 22.6. The maximum absolute atomic E-state index is 12.0. The van der Waals surface area contributed by atoms with Crippen molar-refractivity contribution in [3.63, 3.8) is 0 Å². The van der Waals surface area contributed by atoms with E-state index in [9.17, 15) is 14.9 Å². The topological polar surface area (TPSA) is 112 Å². The molecule has 0 aromatic heterocycles. The first kappa shape index (κ1) is 19.9. The third-order valence-electron chi connectivity index (χ3n) is 4.44. The van der Waals surface area contributed by atoms with Crippen LogP contribution in [0.3, 0.4) is 0 Å². The van der Waals surface area contributed by atoms with E-state index in [1.54, 1.807) is 12.1 Å². The summed E-state index contributed by atoms with van der Waals surface area (Å²) < 4.78 is 15.8. The third-order valence-corrected chi connectivity index (χ3v) is 4.44. The summed E-state index contributed by atoms with van der Waals surface area (Å²) in [6, 6.07) is 19.9. The second kappa shape index (κ2) is 8.95. The molecule has 4 rings (SSSR count). The molecule has 0 spiro atoms. The summed E-state index contributed by atoms with van der Waals surface area (Å²) in [6.45, 7) is -0.265. The molecule has 1 heterocycles. The lowest BCUT2D eigenvalue weighted by molar-refractivity contribution is -0.385. The van der Waals surface area contributed by atoms with Gasteiger partial charge in [0, 0.05) is 0 Å². The number of nitro groups is 1. The zero-order valence-corrected chi connectivity index (χ0v) is 16.2. The van der Waals surface area contributed by atoms with Crippen molar-refractivity contribution in [3.8, 4) is 28.4 Å². The summed E-state index contributed by atoms with van der Waals surface area (Å²) in [5.74, 6) is 0.692. The molecule has 0 fully saturated rings. The van der Waals surface area contributed by atoms with Gasteiger partial charge in [0.05, 0.1) is 22.8 Å². The summed E-state index contributed by atoms with van der Waals surface area (Å²) in [5.41, 5.74) is 4.36. The predicted octanol–water partition coefficient (Wildman–Crippen LogP) is 3.52. The highest BCUT2D eigenvalue weighted by molar-refractivity contribution is 5.88. The lowest BCUT2D eigenvalue weighted by atomic mass is 10.1. The Labute approximate surface area is 177 Å². The van der Waals surface area contributed by atoms with E-state index in [0.29, 0.717) is 17.2 Å². The monoisotopic (exact) mass is 419 g/mol. The van der Waals surface area contributed by atoms with Gasteiger partial charge in [0.1, 0.15) is 5.75 Å². The molecular formula is C22H17N3O6. The van der Waals surface area contributed by atoms with Gasteiger partial charge in [0.2, 0.25) is 6.79 Å². The second-order valence-corrected chi connectivity index (χ2v) is 6.49. The first-order chi connectivity index (χ1) is 15.1. The normalized spacial score (nSPS) is 12.0.